The number of rotatable bonds is 4. The molecule has 0 saturated heterocycles. The lowest BCUT2D eigenvalue weighted by Gasteiger charge is -2.38. The van der Waals surface area contributed by atoms with E-state index in [0.29, 0.717) is 0 Å². The maximum atomic E-state index is 6.42. The molecule has 0 amide bonds. The van der Waals surface area contributed by atoms with Gasteiger partial charge in [0.1, 0.15) is 17.2 Å². The van der Waals surface area contributed by atoms with Crippen LogP contribution >= 0.6 is 15.9 Å². The first kappa shape index (κ1) is 19.0. The van der Waals surface area contributed by atoms with E-state index < -0.39 is 0 Å². The Hall–Kier alpha value is -2.99. The predicted octanol–water partition coefficient (Wildman–Crippen LogP) is 5.71. The van der Waals surface area contributed by atoms with Gasteiger partial charge in [-0.3, -0.25) is 0 Å². The van der Waals surface area contributed by atoms with Gasteiger partial charge in [0.2, 0.25) is 6.23 Å². The van der Waals surface area contributed by atoms with Crippen LogP contribution in [-0.2, 0) is 0 Å². The molecule has 0 fully saturated rings. The number of hydrogen-bond donors (Lipinski definition) is 0. The summed E-state index contributed by atoms with van der Waals surface area (Å²) in [4.78, 5) is 0. The summed E-state index contributed by atoms with van der Waals surface area (Å²) in [6.45, 7) is 0. The lowest BCUT2D eigenvalue weighted by Crippen LogP contribution is -2.33. The highest BCUT2D eigenvalue weighted by atomic mass is 79.9. The summed E-state index contributed by atoms with van der Waals surface area (Å²) in [5, 5.41) is 7.08. The second kappa shape index (κ2) is 7.69. The van der Waals surface area contributed by atoms with Crippen LogP contribution in [-0.4, -0.2) is 24.9 Å². The van der Waals surface area contributed by atoms with E-state index in [2.05, 4.69) is 39.1 Å². The normalized spacial score (nSPS) is 19.4. The van der Waals surface area contributed by atoms with Crippen LogP contribution in [0.4, 0.5) is 0 Å². The second-order valence-electron chi connectivity index (χ2n) is 7.30. The third kappa shape index (κ3) is 3.31. The summed E-state index contributed by atoms with van der Waals surface area (Å²) in [7, 11) is 3.34. The molecule has 0 aromatic heterocycles. The van der Waals surface area contributed by atoms with Crippen molar-refractivity contribution in [3.8, 4) is 17.2 Å². The van der Waals surface area contributed by atoms with Crippen LogP contribution in [0.2, 0.25) is 0 Å². The minimum atomic E-state index is -0.301. The molecule has 3 aromatic rings. The standard InChI is InChI=1S/C24H21BrN2O3/c1-28-18-8-3-15(4-9-18)21-14-22-20-13-17(25)7-12-23(20)30-24(27(22)26-21)16-5-10-19(29-2)11-6-16/h3-13,22,24H,14H2,1-2H3/t22-,24-/m0/s1. The van der Waals surface area contributed by atoms with Gasteiger partial charge in [0.05, 0.1) is 26.0 Å². The van der Waals surface area contributed by atoms with Crippen molar-refractivity contribution < 1.29 is 14.2 Å². The Balaban J connectivity index is 1.56. The van der Waals surface area contributed by atoms with Crippen molar-refractivity contribution in [2.24, 2.45) is 5.10 Å². The van der Waals surface area contributed by atoms with Crippen molar-refractivity contribution in [2.45, 2.75) is 18.7 Å². The second-order valence-corrected chi connectivity index (χ2v) is 8.22. The van der Waals surface area contributed by atoms with Crippen LogP contribution in [0.1, 0.15) is 35.4 Å². The number of hydrogen-bond acceptors (Lipinski definition) is 5. The van der Waals surface area contributed by atoms with Gasteiger partial charge in [0.25, 0.3) is 0 Å². The summed E-state index contributed by atoms with van der Waals surface area (Å²) in [5.41, 5.74) is 4.31. The van der Waals surface area contributed by atoms with Crippen molar-refractivity contribution in [2.75, 3.05) is 14.2 Å². The number of ether oxygens (including phenoxy) is 3. The first-order chi connectivity index (χ1) is 14.7. The Bertz CT molecular complexity index is 1100. The largest absolute Gasteiger partial charge is 0.497 e. The third-order valence-electron chi connectivity index (χ3n) is 5.58. The number of hydrazone groups is 1. The maximum Gasteiger partial charge on any atom is 0.213 e. The number of methoxy groups -OCH3 is 2. The van der Waals surface area contributed by atoms with E-state index in [-0.39, 0.29) is 12.3 Å². The van der Waals surface area contributed by atoms with Gasteiger partial charge in [0, 0.05) is 22.0 Å². The minimum absolute atomic E-state index is 0.107. The van der Waals surface area contributed by atoms with Crippen LogP contribution in [0.3, 0.4) is 0 Å². The van der Waals surface area contributed by atoms with Crippen molar-refractivity contribution in [1.82, 2.24) is 5.01 Å². The molecule has 0 unspecified atom stereocenters. The molecule has 2 aliphatic heterocycles. The fourth-order valence-electron chi connectivity index (χ4n) is 4.00. The minimum Gasteiger partial charge on any atom is -0.497 e. The molecule has 0 spiro atoms. The van der Waals surface area contributed by atoms with E-state index in [1.54, 1.807) is 14.2 Å². The van der Waals surface area contributed by atoms with Crippen molar-refractivity contribution in [1.29, 1.82) is 0 Å². The number of nitrogens with zero attached hydrogens (tertiary/aromatic N) is 2. The fourth-order valence-corrected chi connectivity index (χ4v) is 4.38. The Morgan fingerprint density at radius 3 is 2.27 bits per heavy atom. The first-order valence-electron chi connectivity index (χ1n) is 9.76. The molecule has 0 bridgehead atoms. The topological polar surface area (TPSA) is 43.3 Å². The average Bonchev–Trinajstić information content (AvgIpc) is 3.24. The fraction of sp³-hybridized carbons (Fsp3) is 0.208. The Morgan fingerprint density at radius 1 is 0.933 bits per heavy atom. The number of fused-ring (bicyclic) bond motifs is 3. The van der Waals surface area contributed by atoms with E-state index in [1.807, 2.05) is 48.5 Å². The summed E-state index contributed by atoms with van der Waals surface area (Å²) < 4.78 is 18.1. The van der Waals surface area contributed by atoms with Crippen LogP contribution in [0.25, 0.3) is 0 Å². The Labute approximate surface area is 184 Å². The van der Waals surface area contributed by atoms with E-state index in [4.69, 9.17) is 19.3 Å². The number of benzene rings is 3. The van der Waals surface area contributed by atoms with Gasteiger partial charge in [-0.15, -0.1) is 0 Å². The molecule has 0 radical (unpaired) electrons. The molecular weight excluding hydrogens is 444 g/mol. The molecule has 2 atom stereocenters. The highest BCUT2D eigenvalue weighted by Crippen LogP contribution is 2.48. The van der Waals surface area contributed by atoms with Gasteiger partial charge >= 0.3 is 0 Å². The van der Waals surface area contributed by atoms with Gasteiger partial charge in [-0.25, -0.2) is 5.01 Å². The Kier molecular flexibility index (Phi) is 4.87. The molecule has 5 rings (SSSR count). The highest BCUT2D eigenvalue weighted by Gasteiger charge is 2.41. The SMILES string of the molecule is COc1ccc(C2=NN3[C@@H](C2)c2cc(Br)ccc2O[C@H]3c2ccc(OC)cc2)cc1. The molecule has 0 N–H and O–H groups in total. The van der Waals surface area contributed by atoms with Crippen LogP contribution in [0.5, 0.6) is 17.2 Å². The molecule has 152 valence electrons. The van der Waals surface area contributed by atoms with Crippen molar-refractivity contribution in [3.05, 3.63) is 87.9 Å². The average molecular weight is 465 g/mol. The van der Waals surface area contributed by atoms with E-state index in [1.165, 1.54) is 0 Å². The third-order valence-corrected chi connectivity index (χ3v) is 6.07. The van der Waals surface area contributed by atoms with Crippen LogP contribution in [0.15, 0.2) is 76.3 Å². The molecule has 3 aromatic carbocycles. The quantitative estimate of drug-likeness (QED) is 0.495. The lowest BCUT2D eigenvalue weighted by molar-refractivity contribution is -0.0191. The van der Waals surface area contributed by atoms with Gasteiger partial charge in [-0.2, -0.15) is 5.10 Å². The summed E-state index contributed by atoms with van der Waals surface area (Å²) in [6.07, 6.45) is 0.511. The van der Waals surface area contributed by atoms with E-state index in [0.717, 1.165) is 50.5 Å². The van der Waals surface area contributed by atoms with Crippen LogP contribution in [0, 0.1) is 0 Å². The van der Waals surface area contributed by atoms with E-state index in [9.17, 15) is 0 Å². The zero-order valence-electron chi connectivity index (χ0n) is 16.7. The van der Waals surface area contributed by atoms with Gasteiger partial charge in [-0.1, -0.05) is 15.9 Å². The van der Waals surface area contributed by atoms with Crippen LogP contribution < -0.4 is 14.2 Å². The summed E-state index contributed by atoms with van der Waals surface area (Å²) in [6, 6.07) is 22.3. The molecule has 5 nitrogen and oxygen atoms in total. The maximum absolute atomic E-state index is 6.42. The highest BCUT2D eigenvalue weighted by molar-refractivity contribution is 9.10. The Morgan fingerprint density at radius 2 is 1.60 bits per heavy atom. The van der Waals surface area contributed by atoms with Crippen molar-refractivity contribution in [3.63, 3.8) is 0 Å². The van der Waals surface area contributed by atoms with Gasteiger partial charge in [-0.05, 0) is 72.3 Å². The number of halogens is 1. The predicted molar refractivity (Wildman–Crippen MR) is 119 cm³/mol. The van der Waals surface area contributed by atoms with Gasteiger partial charge < -0.3 is 14.2 Å². The molecule has 6 heteroatoms. The lowest BCUT2D eigenvalue weighted by atomic mass is 9.96. The molecule has 30 heavy (non-hydrogen) atoms. The first-order valence-corrected chi connectivity index (χ1v) is 10.6. The summed E-state index contributed by atoms with van der Waals surface area (Å²) >= 11 is 3.60. The van der Waals surface area contributed by atoms with Crippen molar-refractivity contribution >= 4 is 21.6 Å². The summed E-state index contributed by atoms with van der Waals surface area (Å²) in [5.74, 6) is 2.55. The molecular formula is C24H21BrN2O3. The van der Waals surface area contributed by atoms with Gasteiger partial charge in [0.15, 0.2) is 0 Å². The zero-order chi connectivity index (χ0) is 20.7. The zero-order valence-corrected chi connectivity index (χ0v) is 18.3. The van der Waals surface area contributed by atoms with E-state index >= 15 is 0 Å². The monoisotopic (exact) mass is 464 g/mol. The molecule has 0 saturated carbocycles. The molecule has 2 heterocycles. The molecule has 0 aliphatic carbocycles. The molecule has 2 aliphatic rings. The smallest absolute Gasteiger partial charge is 0.213 e.